The van der Waals surface area contributed by atoms with Gasteiger partial charge in [0.2, 0.25) is 0 Å². The van der Waals surface area contributed by atoms with Crippen molar-refractivity contribution in [3.63, 3.8) is 0 Å². The van der Waals surface area contributed by atoms with Gasteiger partial charge in [-0.25, -0.2) is 9.59 Å². The Hall–Kier alpha value is -1.64. The molecule has 0 aromatic carbocycles. The largest absolute Gasteiger partial charge is 0.386 e. The number of carbonyl (C=O) groups excluding carboxylic acids is 2. The second-order valence-corrected chi connectivity index (χ2v) is 2.37. The first kappa shape index (κ1) is 11.4. The zero-order valence-electron chi connectivity index (χ0n) is 7.74. The second kappa shape index (κ2) is 5.94. The molecule has 0 atom stereocenters. The van der Waals surface area contributed by atoms with Crippen LogP contribution in [0.2, 0.25) is 0 Å². The maximum atomic E-state index is 10.8. The Balaban J connectivity index is 4.02. The number of hydrogen-bond acceptors (Lipinski definition) is 3. The molecule has 0 bridgehead atoms. The summed E-state index contributed by atoms with van der Waals surface area (Å²) in [5.74, 6) is -1.39. The molecule has 0 aromatic heterocycles. The van der Waals surface area contributed by atoms with Crippen molar-refractivity contribution < 1.29 is 14.3 Å². The van der Waals surface area contributed by atoms with Crippen LogP contribution in [0.1, 0.15) is 13.8 Å². The molecule has 0 rings (SSSR count). The molecule has 3 heteroatoms. The molecule has 0 unspecified atom stereocenters. The van der Waals surface area contributed by atoms with Gasteiger partial charge in [-0.15, -0.1) is 0 Å². The highest BCUT2D eigenvalue weighted by Crippen LogP contribution is 1.93. The Morgan fingerprint density at radius 3 is 2.38 bits per heavy atom. The van der Waals surface area contributed by atoms with Crippen molar-refractivity contribution >= 4 is 11.9 Å². The number of esters is 2. The predicted molar refractivity (Wildman–Crippen MR) is 49.9 cm³/mol. The van der Waals surface area contributed by atoms with E-state index in [-0.39, 0.29) is 5.57 Å². The van der Waals surface area contributed by atoms with Crippen LogP contribution in [-0.4, -0.2) is 11.9 Å². The normalized spacial score (nSPS) is 10.6. The van der Waals surface area contributed by atoms with Crippen molar-refractivity contribution in [2.75, 3.05) is 0 Å². The third-order valence-corrected chi connectivity index (χ3v) is 1.08. The zero-order chi connectivity index (χ0) is 10.3. The van der Waals surface area contributed by atoms with Gasteiger partial charge in [-0.1, -0.05) is 24.8 Å². The van der Waals surface area contributed by atoms with Gasteiger partial charge in [-0.05, 0) is 13.8 Å². The van der Waals surface area contributed by atoms with E-state index in [4.69, 9.17) is 0 Å². The molecular weight excluding hydrogens is 168 g/mol. The summed E-state index contributed by atoms with van der Waals surface area (Å²) >= 11 is 0. The first-order chi connectivity index (χ1) is 6.07. The quantitative estimate of drug-likeness (QED) is 0.288. The van der Waals surface area contributed by atoms with Crippen molar-refractivity contribution in [3.05, 3.63) is 36.5 Å². The molecule has 0 aliphatic rings. The number of allylic oxidation sites excluding steroid dienone is 3. The van der Waals surface area contributed by atoms with E-state index >= 15 is 0 Å². The standard InChI is InChI=1S/C10H12O3/c1-4-5-6-7-9(11)13-10(12)8(2)3/h4-7H,2H2,1,3H3/b5-4+,7-6+. The molecule has 0 fully saturated rings. The molecule has 70 valence electrons. The van der Waals surface area contributed by atoms with Crippen molar-refractivity contribution in [1.29, 1.82) is 0 Å². The monoisotopic (exact) mass is 180 g/mol. The van der Waals surface area contributed by atoms with Crippen LogP contribution in [0.4, 0.5) is 0 Å². The maximum Gasteiger partial charge on any atom is 0.340 e. The van der Waals surface area contributed by atoms with Gasteiger partial charge in [0.15, 0.2) is 0 Å². The summed E-state index contributed by atoms with van der Waals surface area (Å²) in [6.07, 6.45) is 6.08. The smallest absolute Gasteiger partial charge is 0.340 e. The Labute approximate surface area is 77.4 Å². The lowest BCUT2D eigenvalue weighted by atomic mass is 10.4. The molecular formula is C10H12O3. The van der Waals surface area contributed by atoms with Gasteiger partial charge in [-0.3, -0.25) is 0 Å². The summed E-state index contributed by atoms with van der Waals surface area (Å²) in [5, 5.41) is 0. The van der Waals surface area contributed by atoms with E-state index in [0.29, 0.717) is 0 Å². The molecule has 0 radical (unpaired) electrons. The van der Waals surface area contributed by atoms with Crippen LogP contribution < -0.4 is 0 Å². The molecule has 0 aliphatic carbocycles. The van der Waals surface area contributed by atoms with E-state index in [0.717, 1.165) is 0 Å². The molecule has 0 spiro atoms. The van der Waals surface area contributed by atoms with E-state index in [1.54, 1.807) is 12.2 Å². The van der Waals surface area contributed by atoms with Crippen LogP contribution >= 0.6 is 0 Å². The van der Waals surface area contributed by atoms with Crippen LogP contribution in [0.3, 0.4) is 0 Å². The highest BCUT2D eigenvalue weighted by Gasteiger charge is 2.06. The Morgan fingerprint density at radius 1 is 1.31 bits per heavy atom. The third-order valence-electron chi connectivity index (χ3n) is 1.08. The summed E-state index contributed by atoms with van der Waals surface area (Å²) < 4.78 is 4.36. The first-order valence-electron chi connectivity index (χ1n) is 3.79. The molecule has 13 heavy (non-hydrogen) atoms. The van der Waals surface area contributed by atoms with Gasteiger partial charge >= 0.3 is 11.9 Å². The van der Waals surface area contributed by atoms with Crippen LogP contribution in [-0.2, 0) is 14.3 Å². The van der Waals surface area contributed by atoms with Gasteiger partial charge in [0, 0.05) is 11.6 Å². The predicted octanol–water partition coefficient (Wildman–Crippen LogP) is 1.76. The molecule has 0 N–H and O–H groups in total. The molecule has 0 aliphatic heterocycles. The molecule has 0 amide bonds. The zero-order valence-corrected chi connectivity index (χ0v) is 7.74. The van der Waals surface area contributed by atoms with E-state index in [9.17, 15) is 9.59 Å². The lowest BCUT2D eigenvalue weighted by Gasteiger charge is -1.96. The summed E-state index contributed by atoms with van der Waals surface area (Å²) in [6.45, 7) is 6.63. The highest BCUT2D eigenvalue weighted by atomic mass is 16.6. The minimum atomic E-state index is -0.699. The summed E-state index contributed by atoms with van der Waals surface area (Å²) in [6, 6.07) is 0. The van der Waals surface area contributed by atoms with Crippen LogP contribution in [0.15, 0.2) is 36.5 Å². The molecule has 0 saturated heterocycles. The van der Waals surface area contributed by atoms with Gasteiger partial charge in [0.25, 0.3) is 0 Å². The van der Waals surface area contributed by atoms with Gasteiger partial charge < -0.3 is 4.74 Å². The maximum absolute atomic E-state index is 10.8. The lowest BCUT2D eigenvalue weighted by molar-refractivity contribution is -0.153. The molecule has 3 nitrogen and oxygen atoms in total. The van der Waals surface area contributed by atoms with Crippen LogP contribution in [0, 0.1) is 0 Å². The minimum Gasteiger partial charge on any atom is -0.386 e. The third kappa shape index (κ3) is 5.61. The van der Waals surface area contributed by atoms with Crippen LogP contribution in [0.25, 0.3) is 0 Å². The van der Waals surface area contributed by atoms with E-state index in [2.05, 4.69) is 11.3 Å². The van der Waals surface area contributed by atoms with Crippen molar-refractivity contribution in [2.24, 2.45) is 0 Å². The second-order valence-electron chi connectivity index (χ2n) is 2.37. The fourth-order valence-electron chi connectivity index (χ4n) is 0.458. The molecule has 0 saturated carbocycles. The fourth-order valence-corrected chi connectivity index (χ4v) is 0.458. The van der Waals surface area contributed by atoms with E-state index in [1.165, 1.54) is 19.1 Å². The van der Waals surface area contributed by atoms with Crippen molar-refractivity contribution in [1.82, 2.24) is 0 Å². The Morgan fingerprint density at radius 2 is 1.92 bits per heavy atom. The van der Waals surface area contributed by atoms with E-state index < -0.39 is 11.9 Å². The highest BCUT2D eigenvalue weighted by molar-refractivity contribution is 5.98. The summed E-state index contributed by atoms with van der Waals surface area (Å²) in [7, 11) is 0. The number of carbonyl (C=O) groups is 2. The first-order valence-corrected chi connectivity index (χ1v) is 3.79. The van der Waals surface area contributed by atoms with Crippen molar-refractivity contribution in [3.8, 4) is 0 Å². The number of rotatable bonds is 3. The van der Waals surface area contributed by atoms with E-state index in [1.807, 2.05) is 6.92 Å². The SMILES string of the molecule is C=C(C)C(=O)OC(=O)/C=C/C=C/C. The average molecular weight is 180 g/mol. The lowest BCUT2D eigenvalue weighted by Crippen LogP contribution is -2.09. The minimum absolute atomic E-state index is 0.202. The Kier molecular flexibility index (Phi) is 5.19. The van der Waals surface area contributed by atoms with Gasteiger partial charge in [-0.2, -0.15) is 0 Å². The Bertz CT molecular complexity index is 272. The topological polar surface area (TPSA) is 43.4 Å². The molecule has 0 heterocycles. The number of hydrogen-bond donors (Lipinski definition) is 0. The van der Waals surface area contributed by atoms with Crippen molar-refractivity contribution in [2.45, 2.75) is 13.8 Å². The van der Waals surface area contributed by atoms with Crippen LogP contribution in [0.5, 0.6) is 0 Å². The average Bonchev–Trinajstić information content (AvgIpc) is 2.04. The number of ether oxygens (including phenoxy) is 1. The molecule has 0 aromatic rings. The summed E-state index contributed by atoms with van der Waals surface area (Å²) in [5.41, 5.74) is 0.202. The fraction of sp³-hybridized carbons (Fsp3) is 0.200. The van der Waals surface area contributed by atoms with Gasteiger partial charge in [0.05, 0.1) is 0 Å². The van der Waals surface area contributed by atoms with Gasteiger partial charge in [0.1, 0.15) is 0 Å². The summed E-state index contributed by atoms with van der Waals surface area (Å²) in [4.78, 5) is 21.6.